The third kappa shape index (κ3) is 2.41. The lowest BCUT2D eigenvalue weighted by molar-refractivity contribution is 0.229. The summed E-state index contributed by atoms with van der Waals surface area (Å²) in [4.78, 5) is 0. The van der Waals surface area contributed by atoms with Crippen molar-refractivity contribution in [1.82, 2.24) is 0 Å². The fourth-order valence-corrected chi connectivity index (χ4v) is 2.10. The number of anilines is 1. The van der Waals surface area contributed by atoms with Gasteiger partial charge in [-0.1, -0.05) is 23.8 Å². The fourth-order valence-electron chi connectivity index (χ4n) is 2.10. The first-order valence-electron chi connectivity index (χ1n) is 6.08. The van der Waals surface area contributed by atoms with E-state index in [2.05, 4.69) is 11.4 Å². The van der Waals surface area contributed by atoms with Crippen LogP contribution in [0.2, 0.25) is 0 Å². The van der Waals surface area contributed by atoms with Crippen molar-refractivity contribution in [2.75, 3.05) is 12.4 Å². The molecule has 0 spiro atoms. The number of hydrogen-bond acceptors (Lipinski definition) is 3. The number of methoxy groups -OCH3 is 1. The van der Waals surface area contributed by atoms with Crippen LogP contribution in [0.25, 0.3) is 5.76 Å². The highest BCUT2D eigenvalue weighted by atomic mass is 16.5. The zero-order chi connectivity index (χ0) is 13.1. The van der Waals surface area contributed by atoms with Crippen LogP contribution in [-0.2, 0) is 4.74 Å². The van der Waals surface area contributed by atoms with Crippen molar-refractivity contribution in [2.24, 2.45) is 0 Å². The van der Waals surface area contributed by atoms with Gasteiger partial charge in [0.15, 0.2) is 6.23 Å². The van der Waals surface area contributed by atoms with Crippen molar-refractivity contribution in [2.45, 2.75) is 26.5 Å². The number of fused-ring (bicyclic) bond motifs is 1. The number of ether oxygens (including phenoxy) is 1. The summed E-state index contributed by atoms with van der Waals surface area (Å²) in [5, 5.41) is 13.2. The van der Waals surface area contributed by atoms with Crippen LogP contribution in [0.5, 0.6) is 0 Å². The Bertz CT molecular complexity index is 499. The van der Waals surface area contributed by atoms with Gasteiger partial charge in [0.05, 0.1) is 7.11 Å². The molecule has 2 rings (SSSR count). The standard InChI is InChI=1S/C15H19NO2/c1-10(2)8-9-12-14(18-3)11-6-4-5-7-13(11)16-15(12)17/h4-8,15-17H,9H2,1-3H3. The average molecular weight is 245 g/mol. The van der Waals surface area contributed by atoms with E-state index in [1.165, 1.54) is 5.57 Å². The first-order valence-corrected chi connectivity index (χ1v) is 6.08. The second kappa shape index (κ2) is 5.27. The van der Waals surface area contributed by atoms with Gasteiger partial charge in [0.2, 0.25) is 0 Å². The summed E-state index contributed by atoms with van der Waals surface area (Å²) >= 11 is 0. The summed E-state index contributed by atoms with van der Waals surface area (Å²) in [6, 6.07) is 7.84. The third-order valence-electron chi connectivity index (χ3n) is 3.02. The van der Waals surface area contributed by atoms with Crippen LogP contribution in [0, 0.1) is 0 Å². The van der Waals surface area contributed by atoms with Gasteiger partial charge in [-0.15, -0.1) is 0 Å². The number of allylic oxidation sites excluding steroid dienone is 2. The van der Waals surface area contributed by atoms with Gasteiger partial charge in [0.1, 0.15) is 5.76 Å². The van der Waals surface area contributed by atoms with Gasteiger partial charge in [0, 0.05) is 16.8 Å². The SMILES string of the molecule is COC1=C(CC=C(C)C)C(O)Nc2ccccc21. The molecule has 3 nitrogen and oxygen atoms in total. The summed E-state index contributed by atoms with van der Waals surface area (Å²) in [6.07, 6.45) is 2.09. The molecule has 1 unspecified atom stereocenters. The van der Waals surface area contributed by atoms with Gasteiger partial charge in [-0.05, 0) is 32.4 Å². The molecule has 0 fully saturated rings. The van der Waals surface area contributed by atoms with Crippen LogP contribution in [0.15, 0.2) is 41.5 Å². The van der Waals surface area contributed by atoms with Crippen molar-refractivity contribution in [3.63, 3.8) is 0 Å². The maximum absolute atomic E-state index is 10.2. The molecule has 1 aromatic rings. The maximum atomic E-state index is 10.2. The molecule has 3 heteroatoms. The van der Waals surface area contributed by atoms with E-state index in [1.807, 2.05) is 38.1 Å². The number of aliphatic hydroxyl groups excluding tert-OH is 1. The topological polar surface area (TPSA) is 41.5 Å². The van der Waals surface area contributed by atoms with E-state index in [0.29, 0.717) is 6.42 Å². The fraction of sp³-hybridized carbons (Fsp3) is 0.333. The molecule has 1 aliphatic rings. The number of rotatable bonds is 3. The normalized spacial score (nSPS) is 17.9. The molecular formula is C15H19NO2. The summed E-state index contributed by atoms with van der Waals surface area (Å²) in [5.74, 6) is 0.773. The number of aliphatic hydroxyl groups is 1. The number of benzene rings is 1. The molecule has 1 aliphatic heterocycles. The quantitative estimate of drug-likeness (QED) is 0.804. The Morgan fingerprint density at radius 3 is 2.78 bits per heavy atom. The van der Waals surface area contributed by atoms with E-state index in [4.69, 9.17) is 4.74 Å². The van der Waals surface area contributed by atoms with E-state index < -0.39 is 6.23 Å². The van der Waals surface area contributed by atoms with Gasteiger partial charge >= 0.3 is 0 Å². The van der Waals surface area contributed by atoms with Crippen LogP contribution in [0.4, 0.5) is 5.69 Å². The zero-order valence-electron chi connectivity index (χ0n) is 11.0. The minimum atomic E-state index is -0.689. The van der Waals surface area contributed by atoms with Crippen LogP contribution < -0.4 is 5.32 Å². The van der Waals surface area contributed by atoms with Gasteiger partial charge in [-0.25, -0.2) is 0 Å². The second-order valence-electron chi connectivity index (χ2n) is 4.64. The Morgan fingerprint density at radius 1 is 1.39 bits per heavy atom. The second-order valence-corrected chi connectivity index (χ2v) is 4.64. The molecule has 0 aliphatic carbocycles. The van der Waals surface area contributed by atoms with Gasteiger partial charge in [-0.3, -0.25) is 0 Å². The van der Waals surface area contributed by atoms with Crippen molar-refractivity contribution < 1.29 is 9.84 Å². The van der Waals surface area contributed by atoms with Crippen LogP contribution in [0.1, 0.15) is 25.8 Å². The molecule has 0 saturated heterocycles. The van der Waals surface area contributed by atoms with Crippen molar-refractivity contribution >= 4 is 11.4 Å². The van der Waals surface area contributed by atoms with Gasteiger partial charge in [-0.2, -0.15) is 0 Å². The minimum Gasteiger partial charge on any atom is -0.496 e. The van der Waals surface area contributed by atoms with Crippen LogP contribution >= 0.6 is 0 Å². The smallest absolute Gasteiger partial charge is 0.150 e. The molecule has 0 saturated carbocycles. The van der Waals surface area contributed by atoms with E-state index in [9.17, 15) is 5.11 Å². The summed E-state index contributed by atoms with van der Waals surface area (Å²) < 4.78 is 5.48. The van der Waals surface area contributed by atoms with Crippen molar-refractivity contribution in [3.05, 3.63) is 47.1 Å². The minimum absolute atomic E-state index is 0.688. The van der Waals surface area contributed by atoms with Crippen molar-refractivity contribution in [3.8, 4) is 0 Å². The maximum Gasteiger partial charge on any atom is 0.150 e. The van der Waals surface area contributed by atoms with E-state index >= 15 is 0 Å². The molecular weight excluding hydrogens is 226 g/mol. The number of hydrogen-bond donors (Lipinski definition) is 2. The monoisotopic (exact) mass is 245 g/mol. The Morgan fingerprint density at radius 2 is 2.11 bits per heavy atom. The first-order chi connectivity index (χ1) is 8.63. The molecule has 0 aromatic heterocycles. The Labute approximate surface area is 108 Å². The Hall–Kier alpha value is -1.74. The highest BCUT2D eigenvalue weighted by Gasteiger charge is 2.24. The predicted octanol–water partition coefficient (Wildman–Crippen LogP) is 3.14. The molecule has 96 valence electrons. The van der Waals surface area contributed by atoms with Crippen LogP contribution in [-0.4, -0.2) is 18.4 Å². The van der Waals surface area contributed by atoms with Gasteiger partial charge in [0.25, 0.3) is 0 Å². The number of nitrogens with one attached hydrogen (secondary N) is 1. The molecule has 1 heterocycles. The number of para-hydroxylation sites is 1. The zero-order valence-corrected chi connectivity index (χ0v) is 11.0. The molecule has 1 atom stereocenters. The lowest BCUT2D eigenvalue weighted by Crippen LogP contribution is -2.27. The lowest BCUT2D eigenvalue weighted by atomic mass is 9.98. The average Bonchev–Trinajstić information content (AvgIpc) is 2.35. The predicted molar refractivity (Wildman–Crippen MR) is 74.0 cm³/mol. The summed E-state index contributed by atoms with van der Waals surface area (Å²) in [6.45, 7) is 4.09. The highest BCUT2D eigenvalue weighted by molar-refractivity contribution is 5.78. The molecule has 2 N–H and O–H groups in total. The highest BCUT2D eigenvalue weighted by Crippen LogP contribution is 2.35. The molecule has 0 amide bonds. The molecule has 1 aromatic carbocycles. The lowest BCUT2D eigenvalue weighted by Gasteiger charge is -2.27. The summed E-state index contributed by atoms with van der Waals surface area (Å²) in [7, 11) is 1.65. The Kier molecular flexibility index (Phi) is 3.72. The molecule has 0 bridgehead atoms. The molecule has 0 radical (unpaired) electrons. The first kappa shape index (κ1) is 12.7. The molecule has 18 heavy (non-hydrogen) atoms. The van der Waals surface area contributed by atoms with Gasteiger partial charge < -0.3 is 15.2 Å². The van der Waals surface area contributed by atoms with Crippen LogP contribution in [0.3, 0.4) is 0 Å². The Balaban J connectivity index is 2.46. The largest absolute Gasteiger partial charge is 0.496 e. The van der Waals surface area contributed by atoms with E-state index in [1.54, 1.807) is 7.11 Å². The third-order valence-corrected chi connectivity index (χ3v) is 3.02. The van der Waals surface area contributed by atoms with Crippen molar-refractivity contribution in [1.29, 1.82) is 0 Å². The van der Waals surface area contributed by atoms with E-state index in [0.717, 1.165) is 22.6 Å². The summed E-state index contributed by atoms with van der Waals surface area (Å²) in [5.41, 5.74) is 4.01. The van der Waals surface area contributed by atoms with E-state index in [-0.39, 0.29) is 0 Å².